The van der Waals surface area contributed by atoms with E-state index in [9.17, 15) is 17.6 Å². The number of halogens is 4. The predicted molar refractivity (Wildman–Crippen MR) is 86.2 cm³/mol. The number of hydrogen-bond acceptors (Lipinski definition) is 2. The Bertz CT molecular complexity index is 412. The number of carbonyl (C=O) groups is 1. The minimum absolute atomic E-state index is 0.114. The lowest BCUT2D eigenvalue weighted by molar-refractivity contribution is -0.809. The van der Waals surface area contributed by atoms with Crippen LogP contribution in [0.1, 0.15) is 65.2 Å². The molecular formula is C17H31F4N2O2+. The Morgan fingerprint density at radius 2 is 1.60 bits per heavy atom. The number of alkyl halides is 3. The second-order valence-corrected chi connectivity index (χ2v) is 6.29. The van der Waals surface area contributed by atoms with Gasteiger partial charge in [0.15, 0.2) is 13.1 Å². The number of quaternary nitrogens is 1. The van der Waals surface area contributed by atoms with Gasteiger partial charge in [-0.25, -0.2) is 4.90 Å². The van der Waals surface area contributed by atoms with Crippen LogP contribution in [0, 0.1) is 0 Å². The lowest BCUT2D eigenvalue weighted by Gasteiger charge is -2.04. The fourth-order valence-electron chi connectivity index (χ4n) is 2.63. The first-order valence-corrected chi connectivity index (χ1v) is 9.14. The van der Waals surface area contributed by atoms with E-state index in [-0.39, 0.29) is 6.09 Å². The molecule has 1 aliphatic rings. The molecule has 4 nitrogen and oxygen atoms in total. The molecule has 0 amide bonds. The lowest BCUT2D eigenvalue weighted by atomic mass is 10.2. The van der Waals surface area contributed by atoms with Gasteiger partial charge in [-0.15, -0.1) is 4.58 Å². The highest BCUT2D eigenvalue weighted by Gasteiger charge is 2.35. The lowest BCUT2D eigenvalue weighted by Crippen LogP contribution is -3.13. The molecule has 1 heterocycles. The molecule has 1 rings (SSSR count). The second-order valence-electron chi connectivity index (χ2n) is 6.29. The molecule has 0 aliphatic carbocycles. The molecule has 0 saturated carbocycles. The van der Waals surface area contributed by atoms with Crippen LogP contribution >= 0.6 is 0 Å². The maximum absolute atomic E-state index is 14.1. The van der Waals surface area contributed by atoms with E-state index in [1.807, 2.05) is 4.58 Å². The third kappa shape index (κ3) is 11.1. The van der Waals surface area contributed by atoms with Crippen LogP contribution in [-0.2, 0) is 4.79 Å². The molecule has 0 spiro atoms. The number of carbonyl (C=O) groups excluding carboxylic acids is 1. The monoisotopic (exact) mass is 371 g/mol. The molecule has 1 N–H and O–H groups in total. The highest BCUT2D eigenvalue weighted by molar-refractivity contribution is 5.70. The van der Waals surface area contributed by atoms with Gasteiger partial charge >= 0.3 is 12.3 Å². The number of carboxylic acids is 1. The van der Waals surface area contributed by atoms with E-state index >= 15 is 0 Å². The first-order chi connectivity index (χ1) is 11.7. The SMILES string of the molecule is CCCCCC[N+]1=C(F)[NH+](CCCCCC)CC1.O=C([O-])C(F)(F)F. The standard InChI is InChI=1S/C15H30FN2.C2HF3O2/c1-3-5-7-9-11-17-13-14-18(15(17)16)12-10-8-6-4-2;3-2(4,5)1(6)7/h3-14H2,1-2H3;(H,6,7)/q+1;. The Morgan fingerprint density at radius 3 is 2.08 bits per heavy atom. The Morgan fingerprint density at radius 1 is 1.08 bits per heavy atom. The number of nitrogens with one attached hydrogen (secondary N) is 1. The van der Waals surface area contributed by atoms with Gasteiger partial charge in [-0.05, 0) is 19.3 Å². The quantitative estimate of drug-likeness (QED) is 0.275. The van der Waals surface area contributed by atoms with Gasteiger partial charge in [0.05, 0.1) is 6.54 Å². The number of carboxylic acid groups (broad SMARTS) is 1. The number of aliphatic carboxylic acids is 1. The highest BCUT2D eigenvalue weighted by atomic mass is 19.4. The van der Waals surface area contributed by atoms with Crippen molar-refractivity contribution in [2.75, 3.05) is 26.2 Å². The van der Waals surface area contributed by atoms with Crippen LogP contribution < -0.4 is 10.0 Å². The van der Waals surface area contributed by atoms with Gasteiger partial charge in [0.1, 0.15) is 12.5 Å². The summed E-state index contributed by atoms with van der Waals surface area (Å²) in [7, 11) is 0. The van der Waals surface area contributed by atoms with E-state index in [1.165, 1.54) is 44.9 Å². The average molecular weight is 371 g/mol. The minimum Gasteiger partial charge on any atom is -0.542 e. The molecular weight excluding hydrogens is 340 g/mol. The summed E-state index contributed by atoms with van der Waals surface area (Å²) in [4.78, 5) is 9.87. The largest absolute Gasteiger partial charge is 0.542 e. The zero-order valence-corrected chi connectivity index (χ0v) is 15.3. The summed E-state index contributed by atoms with van der Waals surface area (Å²) in [6.45, 7) is 8.21. The van der Waals surface area contributed by atoms with Crippen molar-refractivity contribution in [3.05, 3.63) is 0 Å². The normalized spacial score (nSPS) is 17.4. The number of rotatable bonds is 10. The first kappa shape index (κ1) is 23.8. The maximum Gasteiger partial charge on any atom is 0.535 e. The van der Waals surface area contributed by atoms with E-state index in [2.05, 4.69) is 13.8 Å². The summed E-state index contributed by atoms with van der Waals surface area (Å²) < 4.78 is 47.6. The van der Waals surface area contributed by atoms with Crippen molar-refractivity contribution in [1.29, 1.82) is 0 Å². The molecule has 0 bridgehead atoms. The van der Waals surface area contributed by atoms with Crippen LogP contribution in [0.2, 0.25) is 0 Å². The van der Waals surface area contributed by atoms with Crippen LogP contribution in [0.5, 0.6) is 0 Å². The topological polar surface area (TPSA) is 47.6 Å². The summed E-state index contributed by atoms with van der Waals surface area (Å²) in [6, 6.07) is 0. The smallest absolute Gasteiger partial charge is 0.535 e. The van der Waals surface area contributed by atoms with Crippen molar-refractivity contribution in [2.45, 2.75) is 71.4 Å². The Balaban J connectivity index is 0.000000697. The van der Waals surface area contributed by atoms with Crippen LogP contribution in [0.4, 0.5) is 17.6 Å². The molecule has 8 heteroatoms. The van der Waals surface area contributed by atoms with E-state index in [1.54, 1.807) is 0 Å². The molecule has 0 aromatic carbocycles. The highest BCUT2D eigenvalue weighted by Crippen LogP contribution is 2.11. The van der Waals surface area contributed by atoms with Gasteiger partial charge in [0.25, 0.3) is 0 Å². The van der Waals surface area contributed by atoms with Gasteiger partial charge in [-0.2, -0.15) is 13.2 Å². The fraction of sp³-hybridized carbons (Fsp3) is 0.882. The van der Waals surface area contributed by atoms with Gasteiger partial charge in [0.2, 0.25) is 0 Å². The van der Waals surface area contributed by atoms with Crippen LogP contribution in [0.15, 0.2) is 0 Å². The van der Waals surface area contributed by atoms with Crippen molar-refractivity contribution < 1.29 is 36.9 Å². The summed E-state index contributed by atoms with van der Waals surface area (Å²) in [5.41, 5.74) is 0. The molecule has 0 saturated heterocycles. The summed E-state index contributed by atoms with van der Waals surface area (Å²) >= 11 is 0. The van der Waals surface area contributed by atoms with Crippen LogP contribution in [0.3, 0.4) is 0 Å². The van der Waals surface area contributed by atoms with Crippen molar-refractivity contribution >= 4 is 12.1 Å². The molecule has 0 aromatic heterocycles. The van der Waals surface area contributed by atoms with Gasteiger partial charge in [-0.3, -0.25) is 0 Å². The molecule has 1 atom stereocenters. The number of unbranched alkanes of at least 4 members (excludes halogenated alkanes) is 6. The Kier molecular flexibility index (Phi) is 12.5. The van der Waals surface area contributed by atoms with Gasteiger partial charge < -0.3 is 9.90 Å². The van der Waals surface area contributed by atoms with E-state index in [0.29, 0.717) is 0 Å². The zero-order chi connectivity index (χ0) is 19.3. The molecule has 0 fully saturated rings. The van der Waals surface area contributed by atoms with Crippen molar-refractivity contribution in [3.63, 3.8) is 0 Å². The molecule has 0 aromatic rings. The summed E-state index contributed by atoms with van der Waals surface area (Å²) in [6.07, 6.45) is 4.80. The third-order valence-electron chi connectivity index (χ3n) is 4.10. The van der Waals surface area contributed by atoms with Crippen molar-refractivity contribution in [1.82, 2.24) is 0 Å². The van der Waals surface area contributed by atoms with Crippen molar-refractivity contribution in [3.8, 4) is 0 Å². The molecule has 1 aliphatic heterocycles. The maximum atomic E-state index is 14.1. The number of hydrogen-bond donors (Lipinski definition) is 1. The zero-order valence-electron chi connectivity index (χ0n) is 15.3. The molecule has 1 unspecified atom stereocenters. The minimum atomic E-state index is -5.19. The van der Waals surface area contributed by atoms with Gasteiger partial charge in [-0.1, -0.05) is 43.9 Å². The average Bonchev–Trinajstić information content (AvgIpc) is 2.88. The first-order valence-electron chi connectivity index (χ1n) is 9.14. The van der Waals surface area contributed by atoms with E-state index in [0.717, 1.165) is 37.5 Å². The van der Waals surface area contributed by atoms with Crippen molar-refractivity contribution in [2.24, 2.45) is 0 Å². The van der Waals surface area contributed by atoms with E-state index in [4.69, 9.17) is 9.90 Å². The second kappa shape index (κ2) is 13.1. The molecule has 25 heavy (non-hydrogen) atoms. The van der Waals surface area contributed by atoms with Crippen LogP contribution in [0.25, 0.3) is 0 Å². The molecule has 148 valence electrons. The number of nitrogens with zero attached hydrogens (tertiary/aromatic N) is 1. The third-order valence-corrected chi connectivity index (χ3v) is 4.10. The summed E-state index contributed by atoms with van der Waals surface area (Å²) in [5, 5.41) is 8.78. The summed E-state index contributed by atoms with van der Waals surface area (Å²) in [5.74, 6) is -3.01. The van der Waals surface area contributed by atoms with E-state index < -0.39 is 12.1 Å². The fourth-order valence-corrected chi connectivity index (χ4v) is 2.63. The van der Waals surface area contributed by atoms with Gasteiger partial charge in [0, 0.05) is 6.42 Å². The Hall–Kier alpha value is -1.18. The Labute approximate surface area is 147 Å². The number of amidine groups is 1. The molecule has 0 radical (unpaired) electrons. The predicted octanol–water partition coefficient (Wildman–Crippen LogP) is 1.68. The van der Waals surface area contributed by atoms with Crippen LogP contribution in [-0.4, -0.2) is 49.0 Å².